The number of aromatic nitrogens is 1. The summed E-state index contributed by atoms with van der Waals surface area (Å²) < 4.78 is 0. The molecular formula is C13H21N3O. The first-order valence-corrected chi connectivity index (χ1v) is 6.28. The van der Waals surface area contributed by atoms with Gasteiger partial charge in [-0.2, -0.15) is 0 Å². The Morgan fingerprint density at radius 1 is 1.41 bits per heavy atom. The molecule has 4 heteroatoms. The number of hydrogen-bond donors (Lipinski definition) is 2. The molecule has 17 heavy (non-hydrogen) atoms. The van der Waals surface area contributed by atoms with Crippen LogP contribution >= 0.6 is 0 Å². The largest absolute Gasteiger partial charge is 0.396 e. The summed E-state index contributed by atoms with van der Waals surface area (Å²) in [5.74, 6) is 1.43. The predicted molar refractivity (Wildman–Crippen MR) is 68.9 cm³/mol. The molecule has 1 fully saturated rings. The fourth-order valence-corrected chi connectivity index (χ4v) is 2.26. The molecule has 0 bridgehead atoms. The lowest BCUT2D eigenvalue weighted by atomic mass is 9.98. The van der Waals surface area contributed by atoms with Crippen LogP contribution in [0, 0.1) is 5.92 Å². The Balaban J connectivity index is 1.88. The number of piperidine rings is 1. The zero-order valence-corrected chi connectivity index (χ0v) is 10.4. The maximum Gasteiger partial charge on any atom is 0.126 e. The quantitative estimate of drug-likeness (QED) is 0.826. The number of aliphatic hydroxyl groups excluding tert-OH is 1. The van der Waals surface area contributed by atoms with E-state index in [1.165, 1.54) is 0 Å². The third kappa shape index (κ3) is 3.41. The molecule has 0 aromatic carbocycles. The van der Waals surface area contributed by atoms with E-state index in [0.29, 0.717) is 12.5 Å². The summed E-state index contributed by atoms with van der Waals surface area (Å²) in [6.45, 7) is 3.38. The Morgan fingerprint density at radius 3 is 2.82 bits per heavy atom. The average molecular weight is 235 g/mol. The third-order valence-corrected chi connectivity index (χ3v) is 3.41. The molecule has 0 radical (unpaired) electrons. The number of pyridine rings is 1. The second-order valence-electron chi connectivity index (χ2n) is 4.67. The second kappa shape index (κ2) is 5.98. The number of likely N-dealkylation sites (tertiary alicyclic amines) is 1. The van der Waals surface area contributed by atoms with Gasteiger partial charge < -0.3 is 10.4 Å². The highest BCUT2D eigenvalue weighted by atomic mass is 16.3. The van der Waals surface area contributed by atoms with Crippen molar-refractivity contribution in [2.24, 2.45) is 5.92 Å². The van der Waals surface area contributed by atoms with Gasteiger partial charge in [-0.05, 0) is 44.0 Å². The van der Waals surface area contributed by atoms with E-state index in [1.807, 2.05) is 19.2 Å². The minimum absolute atomic E-state index is 0.335. The number of anilines is 1. The highest BCUT2D eigenvalue weighted by Crippen LogP contribution is 2.18. The second-order valence-corrected chi connectivity index (χ2v) is 4.67. The van der Waals surface area contributed by atoms with Crippen LogP contribution in [0.2, 0.25) is 0 Å². The summed E-state index contributed by atoms with van der Waals surface area (Å²) in [4.78, 5) is 6.93. The van der Waals surface area contributed by atoms with Crippen LogP contribution in [0.25, 0.3) is 0 Å². The Morgan fingerprint density at radius 2 is 2.18 bits per heavy atom. The number of rotatable bonds is 4. The molecule has 0 saturated carbocycles. The van der Waals surface area contributed by atoms with Gasteiger partial charge in [0.15, 0.2) is 0 Å². The van der Waals surface area contributed by atoms with E-state index in [9.17, 15) is 0 Å². The summed E-state index contributed by atoms with van der Waals surface area (Å²) in [6.07, 6.45) is 2.20. The zero-order chi connectivity index (χ0) is 12.1. The molecule has 0 unspecified atom stereocenters. The lowest BCUT2D eigenvalue weighted by molar-refractivity contribution is 0.126. The van der Waals surface area contributed by atoms with Crippen molar-refractivity contribution in [3.63, 3.8) is 0 Å². The normalized spacial score (nSPS) is 18.2. The van der Waals surface area contributed by atoms with Crippen LogP contribution < -0.4 is 5.32 Å². The molecule has 4 nitrogen and oxygen atoms in total. The van der Waals surface area contributed by atoms with E-state index in [1.54, 1.807) is 0 Å². The Bertz CT molecular complexity index is 348. The zero-order valence-electron chi connectivity index (χ0n) is 10.4. The molecule has 0 amide bonds. The molecule has 1 aromatic heterocycles. The van der Waals surface area contributed by atoms with Crippen LogP contribution in [0.15, 0.2) is 18.2 Å². The SMILES string of the molecule is CNc1cccc(CN2CCC(CO)CC2)n1. The Labute approximate surface area is 103 Å². The van der Waals surface area contributed by atoms with Gasteiger partial charge in [0.1, 0.15) is 5.82 Å². The van der Waals surface area contributed by atoms with Crippen molar-refractivity contribution in [3.05, 3.63) is 23.9 Å². The smallest absolute Gasteiger partial charge is 0.126 e. The predicted octanol–water partition coefficient (Wildman–Crippen LogP) is 1.33. The van der Waals surface area contributed by atoms with Gasteiger partial charge in [0.25, 0.3) is 0 Å². The molecule has 1 aromatic rings. The number of nitrogens with one attached hydrogen (secondary N) is 1. The maximum atomic E-state index is 9.10. The third-order valence-electron chi connectivity index (χ3n) is 3.41. The summed E-state index contributed by atoms with van der Waals surface area (Å²) in [5.41, 5.74) is 1.11. The maximum absolute atomic E-state index is 9.10. The van der Waals surface area contributed by atoms with Crippen molar-refractivity contribution in [2.75, 3.05) is 32.1 Å². The van der Waals surface area contributed by atoms with Crippen LogP contribution in [0.1, 0.15) is 18.5 Å². The lowest BCUT2D eigenvalue weighted by Gasteiger charge is -2.30. The van der Waals surface area contributed by atoms with E-state index in [0.717, 1.165) is 44.0 Å². The summed E-state index contributed by atoms with van der Waals surface area (Å²) in [5, 5.41) is 12.2. The minimum Gasteiger partial charge on any atom is -0.396 e. The van der Waals surface area contributed by atoms with Crippen LogP contribution in [0.3, 0.4) is 0 Å². The molecular weight excluding hydrogens is 214 g/mol. The van der Waals surface area contributed by atoms with Gasteiger partial charge >= 0.3 is 0 Å². The average Bonchev–Trinajstić information content (AvgIpc) is 2.40. The van der Waals surface area contributed by atoms with Crippen LogP contribution in [-0.4, -0.2) is 41.7 Å². The van der Waals surface area contributed by atoms with E-state index in [4.69, 9.17) is 5.11 Å². The van der Waals surface area contributed by atoms with Crippen molar-refractivity contribution >= 4 is 5.82 Å². The molecule has 2 N–H and O–H groups in total. The first kappa shape index (κ1) is 12.3. The molecule has 0 atom stereocenters. The van der Waals surface area contributed by atoms with Crippen LogP contribution in [0.5, 0.6) is 0 Å². The minimum atomic E-state index is 0.335. The van der Waals surface area contributed by atoms with Gasteiger partial charge in [-0.3, -0.25) is 4.90 Å². The molecule has 1 aliphatic rings. The fourth-order valence-electron chi connectivity index (χ4n) is 2.26. The Kier molecular flexibility index (Phi) is 4.34. The van der Waals surface area contributed by atoms with E-state index in [-0.39, 0.29) is 0 Å². The number of aliphatic hydroxyl groups is 1. The van der Waals surface area contributed by atoms with Crippen molar-refractivity contribution in [1.29, 1.82) is 0 Å². The highest BCUT2D eigenvalue weighted by Gasteiger charge is 2.18. The number of nitrogens with zero attached hydrogens (tertiary/aromatic N) is 2. The van der Waals surface area contributed by atoms with Gasteiger partial charge in [-0.15, -0.1) is 0 Å². The molecule has 1 aliphatic heterocycles. The molecule has 2 heterocycles. The van der Waals surface area contributed by atoms with Crippen LogP contribution in [-0.2, 0) is 6.54 Å². The van der Waals surface area contributed by atoms with Gasteiger partial charge in [0.05, 0.1) is 5.69 Å². The van der Waals surface area contributed by atoms with E-state index >= 15 is 0 Å². The van der Waals surface area contributed by atoms with E-state index in [2.05, 4.69) is 21.3 Å². The van der Waals surface area contributed by atoms with Crippen LogP contribution in [0.4, 0.5) is 5.82 Å². The summed E-state index contributed by atoms with van der Waals surface area (Å²) >= 11 is 0. The first-order chi connectivity index (χ1) is 8.31. The number of hydrogen-bond acceptors (Lipinski definition) is 4. The van der Waals surface area contributed by atoms with Crippen molar-refractivity contribution < 1.29 is 5.11 Å². The van der Waals surface area contributed by atoms with Gasteiger partial charge in [0, 0.05) is 20.2 Å². The highest BCUT2D eigenvalue weighted by molar-refractivity contribution is 5.34. The van der Waals surface area contributed by atoms with Crippen molar-refractivity contribution in [3.8, 4) is 0 Å². The Hall–Kier alpha value is -1.13. The summed E-state index contributed by atoms with van der Waals surface area (Å²) in [7, 11) is 1.89. The van der Waals surface area contributed by atoms with Gasteiger partial charge in [0.2, 0.25) is 0 Å². The van der Waals surface area contributed by atoms with Gasteiger partial charge in [-0.1, -0.05) is 6.07 Å². The topological polar surface area (TPSA) is 48.4 Å². The van der Waals surface area contributed by atoms with Crippen molar-refractivity contribution in [2.45, 2.75) is 19.4 Å². The monoisotopic (exact) mass is 235 g/mol. The van der Waals surface area contributed by atoms with E-state index < -0.39 is 0 Å². The van der Waals surface area contributed by atoms with Crippen molar-refractivity contribution in [1.82, 2.24) is 9.88 Å². The first-order valence-electron chi connectivity index (χ1n) is 6.28. The molecule has 0 spiro atoms. The molecule has 1 saturated heterocycles. The van der Waals surface area contributed by atoms with Gasteiger partial charge in [-0.25, -0.2) is 4.98 Å². The molecule has 0 aliphatic carbocycles. The standard InChI is InChI=1S/C13H21N3O/c1-14-13-4-2-3-12(15-13)9-16-7-5-11(10-17)6-8-16/h2-4,11,17H,5-10H2,1H3,(H,14,15). The molecule has 2 rings (SSSR count). The fraction of sp³-hybridized carbons (Fsp3) is 0.615. The summed E-state index contributed by atoms with van der Waals surface area (Å²) in [6, 6.07) is 6.08. The molecule has 94 valence electrons. The lowest BCUT2D eigenvalue weighted by Crippen LogP contribution is -2.34.